The summed E-state index contributed by atoms with van der Waals surface area (Å²) in [6.07, 6.45) is 7.08. The van der Waals surface area contributed by atoms with Crippen molar-refractivity contribution < 1.29 is 0 Å². The molecule has 0 spiro atoms. The Balaban J connectivity index is 2.15. The van der Waals surface area contributed by atoms with Gasteiger partial charge in [0.2, 0.25) is 0 Å². The fourth-order valence-electron chi connectivity index (χ4n) is 2.43. The molecule has 20 heavy (non-hydrogen) atoms. The van der Waals surface area contributed by atoms with Gasteiger partial charge >= 0.3 is 0 Å². The molecular formula is C16H16N4. The number of para-hydroxylation sites is 1. The van der Waals surface area contributed by atoms with Crippen molar-refractivity contribution in [1.82, 2.24) is 20.3 Å². The van der Waals surface area contributed by atoms with Crippen LogP contribution in [0.15, 0.2) is 55.2 Å². The highest BCUT2D eigenvalue weighted by molar-refractivity contribution is 5.82. The Morgan fingerprint density at radius 2 is 1.90 bits per heavy atom. The zero-order chi connectivity index (χ0) is 13.8. The van der Waals surface area contributed by atoms with Gasteiger partial charge in [0.15, 0.2) is 0 Å². The SMILES string of the molecule is CCNC(c1cncnc1)c1cccc2cccnc12. The first-order valence-corrected chi connectivity index (χ1v) is 6.72. The zero-order valence-electron chi connectivity index (χ0n) is 11.3. The Morgan fingerprint density at radius 1 is 1.10 bits per heavy atom. The summed E-state index contributed by atoms with van der Waals surface area (Å²) in [5.41, 5.74) is 3.22. The lowest BCUT2D eigenvalue weighted by molar-refractivity contribution is 0.629. The van der Waals surface area contributed by atoms with Crippen LogP contribution in [0.5, 0.6) is 0 Å². The fraction of sp³-hybridized carbons (Fsp3) is 0.188. The Hall–Kier alpha value is -2.33. The highest BCUT2D eigenvalue weighted by atomic mass is 14.9. The van der Waals surface area contributed by atoms with E-state index in [-0.39, 0.29) is 6.04 Å². The van der Waals surface area contributed by atoms with E-state index in [1.807, 2.05) is 24.7 Å². The number of benzene rings is 1. The lowest BCUT2D eigenvalue weighted by Crippen LogP contribution is -2.22. The van der Waals surface area contributed by atoms with E-state index in [4.69, 9.17) is 0 Å². The van der Waals surface area contributed by atoms with Crippen LogP contribution in [-0.4, -0.2) is 21.5 Å². The van der Waals surface area contributed by atoms with Crippen molar-refractivity contribution in [2.45, 2.75) is 13.0 Å². The molecule has 4 nitrogen and oxygen atoms in total. The molecule has 0 saturated heterocycles. The summed E-state index contributed by atoms with van der Waals surface area (Å²) in [5, 5.41) is 4.63. The fourth-order valence-corrected chi connectivity index (χ4v) is 2.43. The number of nitrogens with one attached hydrogen (secondary N) is 1. The van der Waals surface area contributed by atoms with Crippen LogP contribution in [-0.2, 0) is 0 Å². The molecule has 0 amide bonds. The molecule has 0 fully saturated rings. The number of fused-ring (bicyclic) bond motifs is 1. The van der Waals surface area contributed by atoms with Crippen LogP contribution < -0.4 is 5.32 Å². The third-order valence-electron chi connectivity index (χ3n) is 3.30. The number of rotatable bonds is 4. The van der Waals surface area contributed by atoms with Crippen LogP contribution in [0, 0.1) is 0 Å². The van der Waals surface area contributed by atoms with Crippen molar-refractivity contribution in [3.05, 3.63) is 66.4 Å². The predicted molar refractivity (Wildman–Crippen MR) is 79.3 cm³/mol. The Labute approximate surface area is 117 Å². The minimum atomic E-state index is 0.0554. The van der Waals surface area contributed by atoms with Crippen molar-refractivity contribution in [1.29, 1.82) is 0 Å². The third-order valence-corrected chi connectivity index (χ3v) is 3.30. The molecule has 100 valence electrons. The highest BCUT2D eigenvalue weighted by Crippen LogP contribution is 2.26. The average molecular weight is 264 g/mol. The number of nitrogens with zero attached hydrogens (tertiary/aromatic N) is 3. The molecule has 3 rings (SSSR count). The van der Waals surface area contributed by atoms with Crippen molar-refractivity contribution in [2.75, 3.05) is 6.54 Å². The molecule has 0 radical (unpaired) electrons. The van der Waals surface area contributed by atoms with Crippen LogP contribution in [0.1, 0.15) is 24.1 Å². The molecule has 0 bridgehead atoms. The summed E-state index contributed by atoms with van der Waals surface area (Å²) >= 11 is 0. The second kappa shape index (κ2) is 5.75. The van der Waals surface area contributed by atoms with Gasteiger partial charge in [-0.2, -0.15) is 0 Å². The second-order valence-corrected chi connectivity index (χ2v) is 4.58. The van der Waals surface area contributed by atoms with Gasteiger partial charge in [-0.05, 0) is 18.2 Å². The van der Waals surface area contributed by atoms with Gasteiger partial charge in [0.1, 0.15) is 6.33 Å². The smallest absolute Gasteiger partial charge is 0.115 e. The standard InChI is InChI=1S/C16H16N4/c1-2-19-16(13-9-17-11-18-10-13)14-7-3-5-12-6-4-8-20-15(12)14/h3-11,16,19H,2H2,1H3. The van der Waals surface area contributed by atoms with E-state index in [0.717, 1.165) is 28.6 Å². The van der Waals surface area contributed by atoms with E-state index >= 15 is 0 Å². The normalized spacial score (nSPS) is 12.4. The molecule has 0 aliphatic carbocycles. The summed E-state index contributed by atoms with van der Waals surface area (Å²) in [6, 6.07) is 10.3. The van der Waals surface area contributed by atoms with Crippen LogP contribution in [0.2, 0.25) is 0 Å². The summed E-state index contributed by atoms with van der Waals surface area (Å²) in [5.74, 6) is 0. The number of hydrogen-bond donors (Lipinski definition) is 1. The maximum Gasteiger partial charge on any atom is 0.115 e. The van der Waals surface area contributed by atoms with Crippen LogP contribution in [0.25, 0.3) is 10.9 Å². The van der Waals surface area contributed by atoms with Gasteiger partial charge in [0, 0.05) is 29.5 Å². The van der Waals surface area contributed by atoms with Crippen molar-refractivity contribution in [3.8, 4) is 0 Å². The maximum atomic E-state index is 4.53. The van der Waals surface area contributed by atoms with E-state index < -0.39 is 0 Å². The lowest BCUT2D eigenvalue weighted by atomic mass is 9.98. The van der Waals surface area contributed by atoms with Gasteiger partial charge < -0.3 is 5.32 Å². The molecule has 1 atom stereocenters. The molecule has 1 unspecified atom stereocenters. The van der Waals surface area contributed by atoms with E-state index in [2.05, 4.69) is 51.5 Å². The Bertz CT molecular complexity index is 692. The summed E-state index contributed by atoms with van der Waals surface area (Å²) in [6.45, 7) is 2.96. The van der Waals surface area contributed by atoms with Gasteiger partial charge in [-0.3, -0.25) is 4.98 Å². The number of hydrogen-bond acceptors (Lipinski definition) is 4. The quantitative estimate of drug-likeness (QED) is 0.787. The minimum Gasteiger partial charge on any atom is -0.306 e. The van der Waals surface area contributed by atoms with Crippen LogP contribution in [0.3, 0.4) is 0 Å². The van der Waals surface area contributed by atoms with E-state index in [9.17, 15) is 0 Å². The van der Waals surface area contributed by atoms with E-state index in [1.165, 1.54) is 0 Å². The topological polar surface area (TPSA) is 50.7 Å². The monoisotopic (exact) mass is 264 g/mol. The van der Waals surface area contributed by atoms with Crippen molar-refractivity contribution in [2.24, 2.45) is 0 Å². The first-order valence-electron chi connectivity index (χ1n) is 6.72. The summed E-state index contributed by atoms with van der Waals surface area (Å²) in [7, 11) is 0. The average Bonchev–Trinajstić information content (AvgIpc) is 2.53. The molecule has 0 aliphatic rings. The second-order valence-electron chi connectivity index (χ2n) is 4.58. The molecule has 2 aromatic heterocycles. The third kappa shape index (κ3) is 2.38. The molecule has 4 heteroatoms. The highest BCUT2D eigenvalue weighted by Gasteiger charge is 2.16. The largest absolute Gasteiger partial charge is 0.306 e. The molecular weight excluding hydrogens is 248 g/mol. The van der Waals surface area contributed by atoms with Gasteiger partial charge in [-0.25, -0.2) is 9.97 Å². The number of pyridine rings is 1. The van der Waals surface area contributed by atoms with Gasteiger partial charge in [-0.15, -0.1) is 0 Å². The first-order chi connectivity index (χ1) is 9.90. The Morgan fingerprint density at radius 3 is 2.70 bits per heavy atom. The van der Waals surface area contributed by atoms with Gasteiger partial charge in [-0.1, -0.05) is 31.2 Å². The first kappa shape index (κ1) is 12.7. The van der Waals surface area contributed by atoms with Crippen molar-refractivity contribution in [3.63, 3.8) is 0 Å². The molecule has 3 aromatic rings. The summed E-state index contributed by atoms with van der Waals surface area (Å²) in [4.78, 5) is 12.8. The predicted octanol–water partition coefficient (Wildman–Crippen LogP) is 2.72. The van der Waals surface area contributed by atoms with Crippen LogP contribution in [0.4, 0.5) is 0 Å². The lowest BCUT2D eigenvalue weighted by Gasteiger charge is -2.19. The van der Waals surface area contributed by atoms with Gasteiger partial charge in [0.25, 0.3) is 0 Å². The Kier molecular flexibility index (Phi) is 3.65. The molecule has 0 saturated carbocycles. The molecule has 0 aliphatic heterocycles. The molecule has 1 N–H and O–H groups in total. The van der Waals surface area contributed by atoms with E-state index in [1.54, 1.807) is 6.33 Å². The number of aromatic nitrogens is 3. The zero-order valence-corrected chi connectivity index (χ0v) is 11.3. The van der Waals surface area contributed by atoms with Crippen molar-refractivity contribution >= 4 is 10.9 Å². The summed E-state index contributed by atoms with van der Waals surface area (Å²) < 4.78 is 0. The minimum absolute atomic E-state index is 0.0554. The van der Waals surface area contributed by atoms with E-state index in [0.29, 0.717) is 0 Å². The molecule has 1 aromatic carbocycles. The van der Waals surface area contributed by atoms with Gasteiger partial charge in [0.05, 0.1) is 11.6 Å². The molecule has 2 heterocycles. The van der Waals surface area contributed by atoms with Crippen LogP contribution >= 0.6 is 0 Å². The maximum absolute atomic E-state index is 4.53.